The molecule has 1 aromatic carbocycles. The minimum absolute atomic E-state index is 0.989. The normalized spacial score (nSPS) is 14.1. The quantitative estimate of drug-likeness (QED) is 0.893. The van der Waals surface area contributed by atoms with E-state index in [9.17, 15) is 0 Å². The minimum Gasteiger partial charge on any atom is -0.385 e. The van der Waals surface area contributed by atoms with Crippen molar-refractivity contribution in [2.75, 3.05) is 11.9 Å². The van der Waals surface area contributed by atoms with E-state index in [-0.39, 0.29) is 0 Å². The molecule has 0 saturated heterocycles. The Morgan fingerprint density at radius 2 is 2.28 bits per heavy atom. The van der Waals surface area contributed by atoms with Crippen molar-refractivity contribution in [2.45, 2.75) is 32.7 Å². The summed E-state index contributed by atoms with van der Waals surface area (Å²) in [5, 5.41) is 7.87. The Hall–Kier alpha value is -1.77. The molecule has 0 fully saturated rings. The van der Waals surface area contributed by atoms with Crippen molar-refractivity contribution in [3.05, 3.63) is 36.2 Å². The number of fused-ring (bicyclic) bond motifs is 1. The number of nitrogens with zero attached hydrogens (tertiary/aromatic N) is 2. The third kappa shape index (κ3) is 2.13. The number of aromatic nitrogens is 2. The molecule has 2 heterocycles. The highest BCUT2D eigenvalue weighted by Crippen LogP contribution is 2.28. The summed E-state index contributed by atoms with van der Waals surface area (Å²) < 4.78 is 2.02. The summed E-state index contributed by atoms with van der Waals surface area (Å²) in [5.41, 5.74) is 5.19. The van der Waals surface area contributed by atoms with E-state index in [1.165, 1.54) is 35.2 Å². The van der Waals surface area contributed by atoms with Crippen molar-refractivity contribution >= 4 is 5.69 Å². The average Bonchev–Trinajstić information content (AvgIpc) is 2.87. The van der Waals surface area contributed by atoms with E-state index < -0.39 is 0 Å². The smallest absolute Gasteiger partial charge is 0.0568 e. The number of hydrogen-bond donors (Lipinski definition) is 1. The first-order valence-electron chi connectivity index (χ1n) is 6.76. The van der Waals surface area contributed by atoms with Crippen LogP contribution < -0.4 is 5.32 Å². The molecular formula is C15H19N3. The van der Waals surface area contributed by atoms with Gasteiger partial charge in [-0.1, -0.05) is 19.1 Å². The van der Waals surface area contributed by atoms with Crippen LogP contribution in [0, 0.1) is 0 Å². The Kier molecular flexibility index (Phi) is 3.05. The fraction of sp³-hybridized carbons (Fsp3) is 0.400. The van der Waals surface area contributed by atoms with E-state index in [4.69, 9.17) is 0 Å². The summed E-state index contributed by atoms with van der Waals surface area (Å²) >= 11 is 0. The van der Waals surface area contributed by atoms with Gasteiger partial charge in [-0.05, 0) is 36.5 Å². The molecule has 18 heavy (non-hydrogen) atoms. The van der Waals surface area contributed by atoms with Crippen LogP contribution >= 0.6 is 0 Å². The second-order valence-electron chi connectivity index (χ2n) is 4.89. The molecule has 94 valence electrons. The Labute approximate surface area is 108 Å². The molecule has 1 aromatic heterocycles. The molecular weight excluding hydrogens is 222 g/mol. The molecule has 0 amide bonds. The Bertz CT molecular complexity index is 542. The van der Waals surface area contributed by atoms with Gasteiger partial charge >= 0.3 is 0 Å². The monoisotopic (exact) mass is 241 g/mol. The highest BCUT2D eigenvalue weighted by molar-refractivity contribution is 5.69. The van der Waals surface area contributed by atoms with E-state index in [1.54, 1.807) is 0 Å². The first kappa shape index (κ1) is 11.3. The molecule has 0 saturated carbocycles. The molecule has 0 bridgehead atoms. The predicted octanol–water partition coefficient (Wildman–Crippen LogP) is 3.32. The van der Waals surface area contributed by atoms with Crippen LogP contribution in [0.2, 0.25) is 0 Å². The van der Waals surface area contributed by atoms with Crippen molar-refractivity contribution in [2.24, 2.45) is 0 Å². The highest BCUT2D eigenvalue weighted by Gasteiger charge is 2.10. The Balaban J connectivity index is 1.91. The second kappa shape index (κ2) is 4.84. The Morgan fingerprint density at radius 1 is 1.33 bits per heavy atom. The molecule has 1 aliphatic heterocycles. The van der Waals surface area contributed by atoms with E-state index in [1.807, 2.05) is 10.9 Å². The zero-order valence-corrected chi connectivity index (χ0v) is 10.8. The van der Waals surface area contributed by atoms with Crippen LogP contribution in [0.1, 0.15) is 25.3 Å². The molecule has 0 spiro atoms. The number of rotatable bonds is 3. The number of anilines is 1. The van der Waals surface area contributed by atoms with Gasteiger partial charge in [0.1, 0.15) is 0 Å². The van der Waals surface area contributed by atoms with Gasteiger partial charge in [0.25, 0.3) is 0 Å². The second-order valence-corrected chi connectivity index (χ2v) is 4.89. The predicted molar refractivity (Wildman–Crippen MR) is 74.8 cm³/mol. The zero-order chi connectivity index (χ0) is 12.4. The van der Waals surface area contributed by atoms with Gasteiger partial charge in [0.2, 0.25) is 0 Å². The fourth-order valence-electron chi connectivity index (χ4n) is 2.50. The molecule has 0 unspecified atom stereocenters. The van der Waals surface area contributed by atoms with Gasteiger partial charge < -0.3 is 5.32 Å². The topological polar surface area (TPSA) is 29.9 Å². The molecule has 3 rings (SSSR count). The van der Waals surface area contributed by atoms with Crippen molar-refractivity contribution in [3.63, 3.8) is 0 Å². The van der Waals surface area contributed by atoms with Crippen LogP contribution in [0.25, 0.3) is 11.1 Å². The lowest BCUT2D eigenvalue weighted by molar-refractivity contribution is 0.603. The van der Waals surface area contributed by atoms with Crippen molar-refractivity contribution in [3.8, 4) is 11.1 Å². The van der Waals surface area contributed by atoms with Crippen molar-refractivity contribution in [1.29, 1.82) is 0 Å². The lowest BCUT2D eigenvalue weighted by atomic mass is 9.99. The molecule has 0 radical (unpaired) electrons. The third-order valence-electron chi connectivity index (χ3n) is 3.47. The number of benzene rings is 1. The maximum absolute atomic E-state index is 4.39. The zero-order valence-electron chi connectivity index (χ0n) is 10.8. The van der Waals surface area contributed by atoms with Crippen LogP contribution in [0.4, 0.5) is 5.69 Å². The van der Waals surface area contributed by atoms with Crippen LogP contribution in [-0.2, 0) is 13.0 Å². The van der Waals surface area contributed by atoms with E-state index in [0.29, 0.717) is 0 Å². The summed E-state index contributed by atoms with van der Waals surface area (Å²) in [6.07, 6.45) is 7.64. The maximum atomic E-state index is 4.39. The average molecular weight is 241 g/mol. The maximum Gasteiger partial charge on any atom is 0.0568 e. The first-order valence-corrected chi connectivity index (χ1v) is 6.76. The van der Waals surface area contributed by atoms with Gasteiger partial charge in [0, 0.05) is 30.5 Å². The first-order chi connectivity index (χ1) is 8.86. The summed E-state index contributed by atoms with van der Waals surface area (Å²) in [6, 6.07) is 6.70. The number of aryl methyl sites for hydroxylation is 2. The number of hydrogen-bond acceptors (Lipinski definition) is 2. The lowest BCUT2D eigenvalue weighted by Crippen LogP contribution is -2.11. The van der Waals surface area contributed by atoms with Crippen LogP contribution in [0.3, 0.4) is 0 Å². The lowest BCUT2D eigenvalue weighted by Gasteiger charge is -2.18. The molecule has 1 aliphatic rings. The molecule has 1 N–H and O–H groups in total. The summed E-state index contributed by atoms with van der Waals surface area (Å²) in [5.74, 6) is 0. The van der Waals surface area contributed by atoms with Gasteiger partial charge in [0.15, 0.2) is 0 Å². The molecule has 0 atom stereocenters. The SMILES string of the molecule is CCCn1cc(-c2ccc3c(c2)NCCC3)cn1. The van der Waals surface area contributed by atoms with Crippen LogP contribution in [-0.4, -0.2) is 16.3 Å². The van der Waals surface area contributed by atoms with Crippen molar-refractivity contribution < 1.29 is 0 Å². The largest absolute Gasteiger partial charge is 0.385 e. The van der Waals surface area contributed by atoms with E-state index in [2.05, 4.69) is 41.7 Å². The summed E-state index contributed by atoms with van der Waals surface area (Å²) in [4.78, 5) is 0. The van der Waals surface area contributed by atoms with Crippen LogP contribution in [0.5, 0.6) is 0 Å². The third-order valence-corrected chi connectivity index (χ3v) is 3.47. The summed E-state index contributed by atoms with van der Waals surface area (Å²) in [7, 11) is 0. The van der Waals surface area contributed by atoms with Gasteiger partial charge in [-0.15, -0.1) is 0 Å². The molecule has 3 nitrogen and oxygen atoms in total. The van der Waals surface area contributed by atoms with Gasteiger partial charge in [0.05, 0.1) is 6.20 Å². The fourth-order valence-corrected chi connectivity index (χ4v) is 2.50. The van der Waals surface area contributed by atoms with Crippen molar-refractivity contribution in [1.82, 2.24) is 9.78 Å². The summed E-state index contributed by atoms with van der Waals surface area (Å²) in [6.45, 7) is 4.25. The van der Waals surface area contributed by atoms with Gasteiger partial charge in [-0.3, -0.25) is 4.68 Å². The molecule has 3 heteroatoms. The van der Waals surface area contributed by atoms with E-state index >= 15 is 0 Å². The molecule has 0 aliphatic carbocycles. The van der Waals surface area contributed by atoms with Gasteiger partial charge in [-0.25, -0.2) is 0 Å². The minimum atomic E-state index is 0.989. The molecule has 2 aromatic rings. The van der Waals surface area contributed by atoms with Gasteiger partial charge in [-0.2, -0.15) is 5.10 Å². The Morgan fingerprint density at radius 3 is 3.17 bits per heavy atom. The van der Waals surface area contributed by atoms with Crippen LogP contribution in [0.15, 0.2) is 30.6 Å². The van der Waals surface area contributed by atoms with E-state index in [0.717, 1.165) is 19.5 Å². The highest BCUT2D eigenvalue weighted by atomic mass is 15.3. The number of nitrogens with one attached hydrogen (secondary N) is 1. The standard InChI is InChI=1S/C15H19N3/c1-2-8-18-11-14(10-17-18)13-6-5-12-4-3-7-16-15(12)9-13/h5-6,9-11,16H,2-4,7-8H2,1H3.